The van der Waals surface area contributed by atoms with E-state index in [-0.39, 0.29) is 23.7 Å². The SMILES string of the molecule is CC1(C)CC(=O)C2=C(C1)Nc1ccccc1N(CC(=O)NCCc1cccs1)C2c1ccc(C(F)(F)F)cc1. The number of rotatable bonds is 6. The number of allylic oxidation sites excluding steroid dienone is 1. The molecule has 1 aliphatic heterocycles. The molecule has 1 aromatic heterocycles. The first kappa shape index (κ1) is 27.0. The molecule has 0 radical (unpaired) electrons. The molecule has 5 nitrogen and oxygen atoms in total. The van der Waals surface area contributed by atoms with Crippen molar-refractivity contribution < 1.29 is 22.8 Å². The number of thiophene rings is 1. The fourth-order valence-corrected chi connectivity index (χ4v) is 6.13. The Bertz CT molecular complexity index is 1400. The van der Waals surface area contributed by atoms with Crippen LogP contribution in [0.25, 0.3) is 0 Å². The zero-order valence-electron chi connectivity index (χ0n) is 21.8. The van der Waals surface area contributed by atoms with E-state index in [2.05, 4.69) is 10.6 Å². The van der Waals surface area contributed by atoms with Gasteiger partial charge in [0.1, 0.15) is 0 Å². The maximum Gasteiger partial charge on any atom is 0.416 e. The molecule has 0 saturated heterocycles. The highest BCUT2D eigenvalue weighted by atomic mass is 32.1. The molecule has 1 aliphatic carbocycles. The van der Waals surface area contributed by atoms with Gasteiger partial charge in [-0.25, -0.2) is 0 Å². The summed E-state index contributed by atoms with van der Waals surface area (Å²) in [5.41, 5.74) is 2.17. The molecule has 2 N–H and O–H groups in total. The van der Waals surface area contributed by atoms with Crippen LogP contribution in [0.2, 0.25) is 0 Å². The smallest absolute Gasteiger partial charge is 0.357 e. The van der Waals surface area contributed by atoms with Gasteiger partial charge in [-0.3, -0.25) is 9.59 Å². The number of ketones is 1. The van der Waals surface area contributed by atoms with Crippen LogP contribution in [0.15, 0.2) is 77.3 Å². The number of benzene rings is 2. The Labute approximate surface area is 229 Å². The molecule has 1 unspecified atom stereocenters. The van der Waals surface area contributed by atoms with E-state index in [9.17, 15) is 22.8 Å². The van der Waals surface area contributed by atoms with Crippen LogP contribution in [0.3, 0.4) is 0 Å². The monoisotopic (exact) mass is 553 g/mol. The van der Waals surface area contributed by atoms with Crippen molar-refractivity contribution >= 4 is 34.4 Å². The van der Waals surface area contributed by atoms with Gasteiger partial charge in [0.25, 0.3) is 0 Å². The van der Waals surface area contributed by atoms with E-state index < -0.39 is 17.8 Å². The van der Waals surface area contributed by atoms with Crippen LogP contribution in [0.4, 0.5) is 24.5 Å². The van der Waals surface area contributed by atoms with E-state index in [4.69, 9.17) is 0 Å². The molecule has 5 rings (SSSR count). The van der Waals surface area contributed by atoms with Gasteiger partial charge in [0.05, 0.1) is 29.5 Å². The lowest BCUT2D eigenvalue weighted by molar-refractivity contribution is -0.137. The summed E-state index contributed by atoms with van der Waals surface area (Å²) in [6.45, 7) is 4.44. The lowest BCUT2D eigenvalue weighted by atomic mass is 9.73. The molecule has 1 amide bonds. The summed E-state index contributed by atoms with van der Waals surface area (Å²) in [7, 11) is 0. The van der Waals surface area contributed by atoms with Gasteiger partial charge < -0.3 is 15.5 Å². The molecule has 3 aromatic rings. The third-order valence-electron chi connectivity index (χ3n) is 7.15. The average molecular weight is 554 g/mol. The number of hydrogen-bond acceptors (Lipinski definition) is 5. The highest BCUT2D eigenvalue weighted by molar-refractivity contribution is 7.09. The summed E-state index contributed by atoms with van der Waals surface area (Å²) in [5, 5.41) is 8.41. The number of hydrogen-bond donors (Lipinski definition) is 2. The zero-order valence-corrected chi connectivity index (χ0v) is 22.6. The molecule has 1 atom stereocenters. The molecule has 2 heterocycles. The minimum absolute atomic E-state index is 0.0672. The predicted molar refractivity (Wildman–Crippen MR) is 148 cm³/mol. The van der Waals surface area contributed by atoms with Crippen molar-refractivity contribution in [3.8, 4) is 0 Å². The molecule has 0 fully saturated rings. The summed E-state index contributed by atoms with van der Waals surface area (Å²) in [5.74, 6) is -0.305. The van der Waals surface area contributed by atoms with Crippen molar-refractivity contribution in [2.24, 2.45) is 5.41 Å². The topological polar surface area (TPSA) is 61.4 Å². The highest BCUT2D eigenvalue weighted by Crippen LogP contribution is 2.48. The lowest BCUT2D eigenvalue weighted by Crippen LogP contribution is -2.42. The molecule has 39 heavy (non-hydrogen) atoms. The van der Waals surface area contributed by atoms with Crippen LogP contribution in [-0.4, -0.2) is 24.8 Å². The number of halogens is 3. The minimum atomic E-state index is -4.48. The standard InChI is InChI=1S/C30H30F3N3O2S/c1-29(2)16-23-27(25(37)17-29)28(19-9-11-20(12-10-19)30(31,32)33)36(24-8-4-3-7-22(24)35-23)18-26(38)34-14-13-21-6-5-15-39-21/h3-12,15,28,35H,13-14,16-18H2,1-2H3,(H,34,38). The van der Waals surface area contributed by atoms with E-state index in [1.54, 1.807) is 11.3 Å². The number of anilines is 2. The number of fused-ring (bicyclic) bond motifs is 1. The summed E-state index contributed by atoms with van der Waals surface area (Å²) in [6.07, 6.45) is -2.87. The molecule has 2 aromatic carbocycles. The van der Waals surface area contributed by atoms with Crippen molar-refractivity contribution in [2.75, 3.05) is 23.3 Å². The third-order valence-corrected chi connectivity index (χ3v) is 8.08. The van der Waals surface area contributed by atoms with E-state index in [0.717, 1.165) is 28.4 Å². The molecular formula is C30H30F3N3O2S. The molecule has 204 valence electrons. The van der Waals surface area contributed by atoms with Gasteiger partial charge in [-0.2, -0.15) is 13.2 Å². The maximum absolute atomic E-state index is 13.7. The molecular weight excluding hydrogens is 523 g/mol. The first-order valence-corrected chi connectivity index (χ1v) is 13.7. The molecule has 0 saturated carbocycles. The van der Waals surface area contributed by atoms with Crippen LogP contribution in [-0.2, 0) is 22.2 Å². The Morgan fingerprint density at radius 3 is 2.51 bits per heavy atom. The van der Waals surface area contributed by atoms with Gasteiger partial charge in [-0.15, -0.1) is 11.3 Å². The Balaban J connectivity index is 1.56. The van der Waals surface area contributed by atoms with E-state index in [1.165, 1.54) is 12.1 Å². The molecule has 0 bridgehead atoms. The summed E-state index contributed by atoms with van der Waals surface area (Å²) < 4.78 is 40.1. The second-order valence-electron chi connectivity index (χ2n) is 10.8. The van der Waals surface area contributed by atoms with Crippen molar-refractivity contribution in [1.29, 1.82) is 0 Å². The van der Waals surface area contributed by atoms with Crippen molar-refractivity contribution in [3.63, 3.8) is 0 Å². The number of amides is 1. The zero-order chi connectivity index (χ0) is 27.8. The molecule has 9 heteroatoms. The fourth-order valence-electron chi connectivity index (χ4n) is 5.42. The van der Waals surface area contributed by atoms with Crippen LogP contribution in [0, 0.1) is 5.41 Å². The van der Waals surface area contributed by atoms with Gasteiger partial charge in [-0.1, -0.05) is 44.2 Å². The first-order valence-electron chi connectivity index (χ1n) is 12.9. The second-order valence-corrected chi connectivity index (χ2v) is 11.8. The Kier molecular flexibility index (Phi) is 7.29. The van der Waals surface area contributed by atoms with Crippen molar-refractivity contribution in [2.45, 2.75) is 45.3 Å². The number of para-hydroxylation sites is 2. The van der Waals surface area contributed by atoms with E-state index in [0.29, 0.717) is 42.6 Å². The maximum atomic E-state index is 13.7. The first-order chi connectivity index (χ1) is 18.5. The summed E-state index contributed by atoms with van der Waals surface area (Å²) >= 11 is 1.62. The van der Waals surface area contributed by atoms with Gasteiger partial charge in [0.15, 0.2) is 5.78 Å². The predicted octanol–water partition coefficient (Wildman–Crippen LogP) is 6.74. The van der Waals surface area contributed by atoms with Gasteiger partial charge >= 0.3 is 6.18 Å². The third kappa shape index (κ3) is 5.88. The Hall–Kier alpha value is -3.59. The van der Waals surface area contributed by atoms with Crippen molar-refractivity contribution in [1.82, 2.24) is 5.32 Å². The number of nitrogens with one attached hydrogen (secondary N) is 2. The second kappa shape index (κ2) is 10.5. The molecule has 2 aliphatic rings. The fraction of sp³-hybridized carbons (Fsp3) is 0.333. The number of Topliss-reactive ketones (excluding diaryl/α,β-unsaturated/α-hetero) is 1. The number of carbonyl (C=O) groups is 2. The van der Waals surface area contributed by atoms with E-state index in [1.807, 2.05) is 60.5 Å². The Morgan fingerprint density at radius 2 is 1.82 bits per heavy atom. The largest absolute Gasteiger partial charge is 0.416 e. The number of alkyl halides is 3. The average Bonchev–Trinajstić information content (AvgIpc) is 3.34. The lowest BCUT2D eigenvalue weighted by Gasteiger charge is -2.38. The van der Waals surface area contributed by atoms with E-state index >= 15 is 0 Å². The van der Waals surface area contributed by atoms with Crippen LogP contribution < -0.4 is 15.5 Å². The van der Waals surface area contributed by atoms with Gasteiger partial charge in [0.2, 0.25) is 5.91 Å². The van der Waals surface area contributed by atoms with Gasteiger partial charge in [-0.05, 0) is 59.5 Å². The van der Waals surface area contributed by atoms with Gasteiger partial charge in [0, 0.05) is 29.1 Å². The van der Waals surface area contributed by atoms with Crippen LogP contribution >= 0.6 is 11.3 Å². The normalized spacial score (nSPS) is 18.6. The number of nitrogens with zero attached hydrogens (tertiary/aromatic N) is 1. The molecule has 0 spiro atoms. The van der Waals surface area contributed by atoms with Crippen LogP contribution in [0.1, 0.15) is 48.7 Å². The summed E-state index contributed by atoms with van der Waals surface area (Å²) in [6, 6.07) is 15.6. The quantitative estimate of drug-likeness (QED) is 0.355. The number of carbonyl (C=O) groups excluding carboxylic acids is 2. The summed E-state index contributed by atoms with van der Waals surface area (Å²) in [4.78, 5) is 29.9. The Morgan fingerprint density at radius 1 is 1.08 bits per heavy atom. The van der Waals surface area contributed by atoms with Crippen LogP contribution in [0.5, 0.6) is 0 Å². The highest BCUT2D eigenvalue weighted by Gasteiger charge is 2.42. The minimum Gasteiger partial charge on any atom is -0.357 e. The van der Waals surface area contributed by atoms with Crippen molar-refractivity contribution in [3.05, 3.63) is 93.3 Å².